The zero-order chi connectivity index (χ0) is 13.3. The first-order chi connectivity index (χ1) is 9.23. The van der Waals surface area contributed by atoms with Crippen LogP contribution in [0.15, 0.2) is 30.3 Å². The Kier molecular flexibility index (Phi) is 3.19. The highest BCUT2D eigenvalue weighted by Crippen LogP contribution is 2.48. The van der Waals surface area contributed by atoms with Crippen LogP contribution >= 0.6 is 0 Å². The third-order valence-corrected chi connectivity index (χ3v) is 4.39. The minimum atomic E-state index is -0.337. The fraction of sp³-hybridized carbons (Fsp3) is 0.533. The fourth-order valence-electron chi connectivity index (χ4n) is 3.28. The largest absolute Gasteiger partial charge is 0.445 e. The number of hydrogen-bond acceptors (Lipinski definition) is 3. The van der Waals surface area contributed by atoms with Crippen LogP contribution in [0.1, 0.15) is 24.8 Å². The quantitative estimate of drug-likeness (QED) is 0.907. The summed E-state index contributed by atoms with van der Waals surface area (Å²) in [5.74, 6) is 0.685. The van der Waals surface area contributed by atoms with Crippen molar-refractivity contribution in [2.24, 2.45) is 5.92 Å². The van der Waals surface area contributed by atoms with Crippen molar-refractivity contribution < 1.29 is 14.6 Å². The fourth-order valence-corrected chi connectivity index (χ4v) is 3.28. The SMILES string of the molecule is O=C(OCc1ccccc1)N1CCC2CC1(CO)C2. The maximum absolute atomic E-state index is 12.2. The molecule has 19 heavy (non-hydrogen) atoms. The number of piperidine rings is 2. The van der Waals surface area contributed by atoms with Gasteiger partial charge in [0, 0.05) is 6.54 Å². The minimum absolute atomic E-state index is 0.0456. The Bertz CT molecular complexity index is 454. The number of aliphatic hydroxyl groups excluding tert-OH is 1. The second-order valence-corrected chi connectivity index (χ2v) is 5.64. The van der Waals surface area contributed by atoms with Gasteiger partial charge in [-0.05, 0) is 30.7 Å². The predicted molar refractivity (Wildman–Crippen MR) is 70.5 cm³/mol. The summed E-state index contributed by atoms with van der Waals surface area (Å²) in [6, 6.07) is 9.66. The molecule has 0 radical (unpaired) electrons. The van der Waals surface area contributed by atoms with E-state index < -0.39 is 0 Å². The lowest BCUT2D eigenvalue weighted by Crippen LogP contribution is -2.66. The number of rotatable bonds is 3. The second kappa shape index (κ2) is 4.85. The Balaban J connectivity index is 1.61. The summed E-state index contributed by atoms with van der Waals surface area (Å²) in [5, 5.41) is 9.54. The molecule has 4 heteroatoms. The summed E-state index contributed by atoms with van der Waals surface area (Å²) in [6.07, 6.45) is 2.58. The van der Waals surface area contributed by atoms with Gasteiger partial charge in [0.2, 0.25) is 0 Å². The minimum Gasteiger partial charge on any atom is -0.445 e. The van der Waals surface area contributed by atoms with E-state index in [0.29, 0.717) is 19.1 Å². The first-order valence-electron chi connectivity index (χ1n) is 6.83. The molecule has 2 saturated heterocycles. The van der Waals surface area contributed by atoms with Gasteiger partial charge in [0.25, 0.3) is 0 Å². The molecule has 102 valence electrons. The summed E-state index contributed by atoms with van der Waals surface area (Å²) in [4.78, 5) is 13.9. The monoisotopic (exact) mass is 261 g/mol. The van der Waals surface area contributed by atoms with Gasteiger partial charge in [-0.25, -0.2) is 4.79 Å². The molecule has 1 saturated carbocycles. The summed E-state index contributed by atoms with van der Waals surface area (Å²) >= 11 is 0. The number of aliphatic hydroxyl groups is 1. The maximum atomic E-state index is 12.2. The highest BCUT2D eigenvalue weighted by Gasteiger charge is 2.53. The topological polar surface area (TPSA) is 49.8 Å². The van der Waals surface area contributed by atoms with Gasteiger partial charge >= 0.3 is 6.09 Å². The number of ether oxygens (including phenoxy) is 1. The predicted octanol–water partition coefficient (Wildman–Crippen LogP) is 2.17. The summed E-state index contributed by atoms with van der Waals surface area (Å²) in [6.45, 7) is 1.05. The summed E-state index contributed by atoms with van der Waals surface area (Å²) < 4.78 is 5.37. The lowest BCUT2D eigenvalue weighted by atomic mass is 9.63. The molecular formula is C15H19NO3. The Labute approximate surface area is 113 Å². The molecule has 2 aliphatic heterocycles. The van der Waals surface area contributed by atoms with Gasteiger partial charge < -0.3 is 14.7 Å². The lowest BCUT2D eigenvalue weighted by Gasteiger charge is -2.57. The Morgan fingerprint density at radius 3 is 2.79 bits per heavy atom. The third kappa shape index (κ3) is 2.21. The molecule has 4 rings (SSSR count). The number of fused-ring (bicyclic) bond motifs is 2. The van der Waals surface area contributed by atoms with Gasteiger partial charge in [-0.3, -0.25) is 0 Å². The van der Waals surface area contributed by atoms with E-state index >= 15 is 0 Å². The average molecular weight is 261 g/mol. The Hall–Kier alpha value is -1.55. The molecule has 1 aliphatic carbocycles. The van der Waals surface area contributed by atoms with Crippen molar-refractivity contribution in [3.8, 4) is 0 Å². The number of benzene rings is 1. The molecule has 0 spiro atoms. The van der Waals surface area contributed by atoms with E-state index in [1.54, 1.807) is 4.90 Å². The molecule has 3 aliphatic rings. The molecule has 0 atom stereocenters. The van der Waals surface area contributed by atoms with Crippen LogP contribution in [0, 0.1) is 5.92 Å². The number of nitrogens with zero attached hydrogens (tertiary/aromatic N) is 1. The van der Waals surface area contributed by atoms with Gasteiger partial charge in [0.1, 0.15) is 6.61 Å². The van der Waals surface area contributed by atoms with Crippen LogP contribution in [0.5, 0.6) is 0 Å². The molecule has 1 amide bonds. The smallest absolute Gasteiger partial charge is 0.410 e. The molecule has 2 heterocycles. The van der Waals surface area contributed by atoms with Crippen molar-refractivity contribution in [1.29, 1.82) is 0 Å². The first-order valence-corrected chi connectivity index (χ1v) is 6.83. The molecule has 2 bridgehead atoms. The van der Waals surface area contributed by atoms with Crippen LogP contribution in [-0.2, 0) is 11.3 Å². The van der Waals surface area contributed by atoms with Crippen molar-refractivity contribution in [2.45, 2.75) is 31.4 Å². The van der Waals surface area contributed by atoms with Crippen LogP contribution in [0.2, 0.25) is 0 Å². The number of carbonyl (C=O) groups is 1. The zero-order valence-corrected chi connectivity index (χ0v) is 10.9. The van der Waals surface area contributed by atoms with Gasteiger partial charge in [-0.15, -0.1) is 0 Å². The van der Waals surface area contributed by atoms with E-state index in [0.717, 1.165) is 24.8 Å². The number of hydrogen-bond donors (Lipinski definition) is 1. The molecule has 1 aromatic carbocycles. The summed E-state index contributed by atoms with van der Waals surface area (Å²) in [5.41, 5.74) is 0.647. The van der Waals surface area contributed by atoms with E-state index in [1.807, 2.05) is 30.3 Å². The highest BCUT2D eigenvalue weighted by atomic mass is 16.6. The van der Waals surface area contributed by atoms with Crippen molar-refractivity contribution in [2.75, 3.05) is 13.2 Å². The molecule has 3 fully saturated rings. The number of carbonyl (C=O) groups excluding carboxylic acids is 1. The molecule has 1 N–H and O–H groups in total. The van der Waals surface area contributed by atoms with Crippen LogP contribution in [0.25, 0.3) is 0 Å². The van der Waals surface area contributed by atoms with E-state index in [4.69, 9.17) is 4.74 Å². The molecule has 0 unspecified atom stereocenters. The highest BCUT2D eigenvalue weighted by molar-refractivity contribution is 5.69. The van der Waals surface area contributed by atoms with Gasteiger partial charge in [0.05, 0.1) is 12.1 Å². The van der Waals surface area contributed by atoms with Crippen molar-refractivity contribution in [3.05, 3.63) is 35.9 Å². The van der Waals surface area contributed by atoms with Crippen LogP contribution < -0.4 is 0 Å². The molecule has 4 nitrogen and oxygen atoms in total. The third-order valence-electron chi connectivity index (χ3n) is 4.39. The first kappa shape index (κ1) is 12.5. The normalized spacial score (nSPS) is 28.7. The van der Waals surface area contributed by atoms with Crippen molar-refractivity contribution >= 4 is 6.09 Å². The standard InChI is InChI=1S/C15H19NO3/c17-11-15-8-13(9-15)6-7-16(15)14(18)19-10-12-4-2-1-3-5-12/h1-5,13,17H,6-11H2. The second-order valence-electron chi connectivity index (χ2n) is 5.64. The maximum Gasteiger partial charge on any atom is 0.410 e. The Morgan fingerprint density at radius 1 is 1.37 bits per heavy atom. The van der Waals surface area contributed by atoms with E-state index in [9.17, 15) is 9.90 Å². The molecular weight excluding hydrogens is 242 g/mol. The van der Waals surface area contributed by atoms with Gasteiger partial charge in [-0.1, -0.05) is 30.3 Å². The lowest BCUT2D eigenvalue weighted by molar-refractivity contribution is -0.0950. The van der Waals surface area contributed by atoms with Crippen molar-refractivity contribution in [3.63, 3.8) is 0 Å². The van der Waals surface area contributed by atoms with E-state index in [1.165, 1.54) is 0 Å². The summed E-state index contributed by atoms with van der Waals surface area (Å²) in [7, 11) is 0. The zero-order valence-electron chi connectivity index (χ0n) is 10.9. The molecule has 1 aromatic rings. The van der Waals surface area contributed by atoms with Crippen LogP contribution in [0.3, 0.4) is 0 Å². The van der Waals surface area contributed by atoms with E-state index in [2.05, 4.69) is 0 Å². The van der Waals surface area contributed by atoms with Gasteiger partial charge in [0.15, 0.2) is 0 Å². The van der Waals surface area contributed by atoms with Crippen molar-refractivity contribution in [1.82, 2.24) is 4.90 Å². The molecule has 0 aromatic heterocycles. The van der Waals surface area contributed by atoms with Crippen LogP contribution in [-0.4, -0.2) is 34.8 Å². The number of amides is 1. The van der Waals surface area contributed by atoms with Crippen LogP contribution in [0.4, 0.5) is 4.79 Å². The van der Waals surface area contributed by atoms with E-state index in [-0.39, 0.29) is 18.2 Å². The Morgan fingerprint density at radius 2 is 2.11 bits per heavy atom. The van der Waals surface area contributed by atoms with Gasteiger partial charge in [-0.2, -0.15) is 0 Å². The average Bonchev–Trinajstić information content (AvgIpc) is 2.44.